The van der Waals surface area contributed by atoms with Crippen LogP contribution in [-0.4, -0.2) is 29.0 Å². The largest absolute Gasteiger partial charge is 0.423 e. The molecule has 0 radical (unpaired) electrons. The van der Waals surface area contributed by atoms with Gasteiger partial charge in [-0.2, -0.15) is 0 Å². The van der Waals surface area contributed by atoms with Gasteiger partial charge in [0.15, 0.2) is 0 Å². The Morgan fingerprint density at radius 2 is 2.26 bits per heavy atom. The summed E-state index contributed by atoms with van der Waals surface area (Å²) in [4.78, 5) is 0. The zero-order valence-electron chi connectivity index (χ0n) is 11.1. The van der Waals surface area contributed by atoms with Crippen LogP contribution in [0.25, 0.3) is 11.5 Å². The molecule has 2 unspecified atom stereocenters. The van der Waals surface area contributed by atoms with E-state index in [1.165, 1.54) is 6.39 Å². The number of anilines is 1. The summed E-state index contributed by atoms with van der Waals surface area (Å²) >= 11 is 0. The van der Waals surface area contributed by atoms with E-state index in [1.807, 2.05) is 6.07 Å². The highest BCUT2D eigenvalue weighted by atomic mass is 16.5. The van der Waals surface area contributed by atoms with Crippen LogP contribution in [0.15, 0.2) is 29.0 Å². The second kappa shape index (κ2) is 5.01. The topological polar surface area (TPSA) is 60.2 Å². The molecule has 2 atom stereocenters. The van der Waals surface area contributed by atoms with Crippen LogP contribution in [-0.2, 0) is 4.74 Å². The predicted octanol–water partition coefficient (Wildman–Crippen LogP) is 2.63. The van der Waals surface area contributed by atoms with Gasteiger partial charge in [0.25, 0.3) is 0 Å². The lowest BCUT2D eigenvalue weighted by Gasteiger charge is -2.19. The highest BCUT2D eigenvalue weighted by Crippen LogP contribution is 2.26. The fourth-order valence-corrected chi connectivity index (χ4v) is 2.38. The molecule has 0 aliphatic carbocycles. The molecule has 0 spiro atoms. The fourth-order valence-electron chi connectivity index (χ4n) is 2.38. The Labute approximate surface area is 112 Å². The quantitative estimate of drug-likeness (QED) is 0.918. The first kappa shape index (κ1) is 12.2. The summed E-state index contributed by atoms with van der Waals surface area (Å²) in [5, 5.41) is 11.2. The van der Waals surface area contributed by atoms with Crippen LogP contribution in [0.2, 0.25) is 0 Å². The van der Waals surface area contributed by atoms with E-state index in [1.54, 1.807) is 0 Å². The zero-order chi connectivity index (χ0) is 13.2. The first-order chi connectivity index (χ1) is 9.24. The summed E-state index contributed by atoms with van der Waals surface area (Å²) in [6.45, 7) is 5.01. The van der Waals surface area contributed by atoms with Gasteiger partial charge in [0.05, 0.1) is 12.1 Å². The maximum Gasteiger partial charge on any atom is 0.247 e. The molecule has 1 aromatic carbocycles. The van der Waals surface area contributed by atoms with E-state index < -0.39 is 0 Å². The first-order valence-corrected chi connectivity index (χ1v) is 6.49. The van der Waals surface area contributed by atoms with Gasteiger partial charge in [-0.1, -0.05) is 0 Å². The van der Waals surface area contributed by atoms with Gasteiger partial charge < -0.3 is 14.5 Å². The van der Waals surface area contributed by atoms with Gasteiger partial charge in [0.1, 0.15) is 0 Å². The molecule has 1 N–H and O–H groups in total. The third-order valence-electron chi connectivity index (χ3n) is 3.55. The smallest absolute Gasteiger partial charge is 0.247 e. The average molecular weight is 259 g/mol. The second-order valence-corrected chi connectivity index (χ2v) is 4.89. The van der Waals surface area contributed by atoms with Gasteiger partial charge in [-0.05, 0) is 44.0 Å². The predicted molar refractivity (Wildman–Crippen MR) is 71.9 cm³/mol. The Morgan fingerprint density at radius 1 is 1.37 bits per heavy atom. The van der Waals surface area contributed by atoms with Gasteiger partial charge in [-0.25, -0.2) is 0 Å². The average Bonchev–Trinajstić information content (AvgIpc) is 3.04. The molecule has 5 heteroatoms. The van der Waals surface area contributed by atoms with Gasteiger partial charge >= 0.3 is 0 Å². The van der Waals surface area contributed by atoms with Gasteiger partial charge in [-0.3, -0.25) is 0 Å². The molecular weight excluding hydrogens is 242 g/mol. The van der Waals surface area contributed by atoms with Crippen molar-refractivity contribution < 1.29 is 9.15 Å². The van der Waals surface area contributed by atoms with Crippen molar-refractivity contribution in [2.45, 2.75) is 32.4 Å². The lowest BCUT2D eigenvalue weighted by Crippen LogP contribution is -2.26. The minimum Gasteiger partial charge on any atom is -0.423 e. The molecule has 100 valence electrons. The number of nitrogens with one attached hydrogen (secondary N) is 1. The number of hydrogen-bond donors (Lipinski definition) is 1. The van der Waals surface area contributed by atoms with E-state index in [0.29, 0.717) is 11.9 Å². The fraction of sp³-hybridized carbons (Fsp3) is 0.429. The van der Waals surface area contributed by atoms with Crippen LogP contribution in [0.3, 0.4) is 0 Å². The highest BCUT2D eigenvalue weighted by Gasteiger charge is 2.24. The molecular formula is C14H17N3O2. The lowest BCUT2D eigenvalue weighted by atomic mass is 10.1. The molecule has 3 rings (SSSR count). The van der Waals surface area contributed by atoms with Crippen molar-refractivity contribution >= 4 is 5.69 Å². The zero-order valence-corrected chi connectivity index (χ0v) is 11.1. The molecule has 2 aromatic rings. The lowest BCUT2D eigenvalue weighted by molar-refractivity contribution is 0.121. The minimum atomic E-state index is 0.259. The highest BCUT2D eigenvalue weighted by molar-refractivity contribution is 5.62. The third kappa shape index (κ3) is 2.46. The van der Waals surface area contributed by atoms with Crippen LogP contribution in [0, 0.1) is 6.92 Å². The molecule has 0 bridgehead atoms. The first-order valence-electron chi connectivity index (χ1n) is 6.49. The van der Waals surface area contributed by atoms with Crippen molar-refractivity contribution in [1.29, 1.82) is 0 Å². The van der Waals surface area contributed by atoms with Crippen LogP contribution in [0.5, 0.6) is 0 Å². The van der Waals surface area contributed by atoms with Crippen molar-refractivity contribution in [1.82, 2.24) is 10.2 Å². The van der Waals surface area contributed by atoms with Crippen LogP contribution < -0.4 is 5.32 Å². The van der Waals surface area contributed by atoms with Crippen molar-refractivity contribution in [3.63, 3.8) is 0 Å². The molecule has 5 nitrogen and oxygen atoms in total. The second-order valence-electron chi connectivity index (χ2n) is 4.89. The maximum atomic E-state index is 5.56. The number of aromatic nitrogens is 2. The van der Waals surface area contributed by atoms with Crippen LogP contribution in [0.1, 0.15) is 18.9 Å². The summed E-state index contributed by atoms with van der Waals surface area (Å²) in [5.74, 6) is 0.548. The number of nitrogens with zero attached hydrogens (tertiary/aromatic N) is 2. The van der Waals surface area contributed by atoms with Crippen LogP contribution >= 0.6 is 0 Å². The third-order valence-corrected chi connectivity index (χ3v) is 3.55. The van der Waals surface area contributed by atoms with E-state index >= 15 is 0 Å². The Morgan fingerprint density at radius 3 is 2.89 bits per heavy atom. The summed E-state index contributed by atoms with van der Waals surface area (Å²) in [6, 6.07) is 6.48. The van der Waals surface area contributed by atoms with Crippen molar-refractivity contribution in [2.75, 3.05) is 11.9 Å². The van der Waals surface area contributed by atoms with Gasteiger partial charge in [0, 0.05) is 17.9 Å². The number of hydrogen-bond acceptors (Lipinski definition) is 5. The molecule has 0 amide bonds. The SMILES string of the molecule is Cc1cc(-c2nnco2)ccc1NC1CCOC1C. The molecule has 1 aliphatic heterocycles. The molecule has 1 fully saturated rings. The van der Waals surface area contributed by atoms with E-state index in [9.17, 15) is 0 Å². The number of ether oxygens (including phenoxy) is 1. The van der Waals surface area contributed by atoms with E-state index in [2.05, 4.69) is 41.5 Å². The Balaban J connectivity index is 1.80. The Hall–Kier alpha value is -1.88. The Bertz CT molecular complexity index is 554. The summed E-state index contributed by atoms with van der Waals surface area (Å²) in [7, 11) is 0. The molecule has 19 heavy (non-hydrogen) atoms. The molecule has 2 heterocycles. The van der Waals surface area contributed by atoms with E-state index in [4.69, 9.17) is 9.15 Å². The van der Waals surface area contributed by atoms with E-state index in [0.717, 1.165) is 29.8 Å². The van der Waals surface area contributed by atoms with E-state index in [-0.39, 0.29) is 6.10 Å². The molecule has 1 saturated heterocycles. The monoisotopic (exact) mass is 259 g/mol. The van der Waals surface area contributed by atoms with Gasteiger partial charge in [0.2, 0.25) is 12.3 Å². The standard InChI is InChI=1S/C14H17N3O2/c1-9-7-11(14-17-15-8-19-14)3-4-12(9)16-13-5-6-18-10(13)2/h3-4,7-8,10,13,16H,5-6H2,1-2H3. The number of aryl methyl sites for hydroxylation is 1. The normalized spacial score (nSPS) is 22.6. The summed E-state index contributed by atoms with van der Waals surface area (Å²) in [6.07, 6.45) is 2.65. The molecule has 0 saturated carbocycles. The Kier molecular flexibility index (Phi) is 3.21. The minimum absolute atomic E-state index is 0.259. The molecule has 1 aliphatic rings. The van der Waals surface area contributed by atoms with Crippen LogP contribution in [0.4, 0.5) is 5.69 Å². The van der Waals surface area contributed by atoms with Crippen molar-refractivity contribution in [2.24, 2.45) is 0 Å². The number of rotatable bonds is 3. The summed E-state index contributed by atoms with van der Waals surface area (Å²) in [5.41, 5.74) is 3.23. The molecule has 1 aromatic heterocycles. The maximum absolute atomic E-state index is 5.56. The van der Waals surface area contributed by atoms with Gasteiger partial charge in [-0.15, -0.1) is 10.2 Å². The number of benzene rings is 1. The van der Waals surface area contributed by atoms with Crippen molar-refractivity contribution in [3.05, 3.63) is 30.2 Å². The van der Waals surface area contributed by atoms with Crippen molar-refractivity contribution in [3.8, 4) is 11.5 Å². The summed E-state index contributed by atoms with van der Waals surface area (Å²) < 4.78 is 10.8.